The molecule has 0 fully saturated rings. The Morgan fingerprint density at radius 1 is 1.19 bits per heavy atom. The van der Waals surface area contributed by atoms with Crippen molar-refractivity contribution in [1.82, 2.24) is 9.38 Å². The van der Waals surface area contributed by atoms with Crippen LogP contribution in [-0.4, -0.2) is 15.3 Å². The summed E-state index contributed by atoms with van der Waals surface area (Å²) in [7, 11) is 0. The number of hydrogen-bond donors (Lipinski definition) is 1. The van der Waals surface area contributed by atoms with E-state index in [1.54, 1.807) is 23.6 Å². The monoisotopic (exact) mass is 283 g/mol. The lowest BCUT2D eigenvalue weighted by Crippen LogP contribution is -2.08. The van der Waals surface area contributed by atoms with Crippen molar-refractivity contribution < 1.29 is 9.18 Å². The first-order chi connectivity index (χ1) is 10.2. The summed E-state index contributed by atoms with van der Waals surface area (Å²) < 4.78 is 14.8. The minimum absolute atomic E-state index is 0.0223. The molecule has 0 radical (unpaired) electrons. The average molecular weight is 283 g/mol. The van der Waals surface area contributed by atoms with Crippen molar-refractivity contribution in [1.29, 1.82) is 0 Å². The van der Waals surface area contributed by atoms with E-state index in [0.29, 0.717) is 12.1 Å². The van der Waals surface area contributed by atoms with Gasteiger partial charge in [-0.25, -0.2) is 9.37 Å². The summed E-state index contributed by atoms with van der Waals surface area (Å²) in [6.45, 7) is 1.81. The van der Waals surface area contributed by atoms with Gasteiger partial charge in [0.2, 0.25) is 5.91 Å². The molecule has 1 amide bonds. The van der Waals surface area contributed by atoms with Crippen LogP contribution in [0.5, 0.6) is 0 Å². The van der Waals surface area contributed by atoms with Gasteiger partial charge in [-0.3, -0.25) is 4.79 Å². The fourth-order valence-corrected chi connectivity index (χ4v) is 2.08. The zero-order chi connectivity index (χ0) is 14.8. The van der Waals surface area contributed by atoms with Crippen LogP contribution in [0.25, 0.3) is 16.9 Å². The van der Waals surface area contributed by atoms with Gasteiger partial charge < -0.3 is 9.72 Å². The van der Waals surface area contributed by atoms with E-state index >= 15 is 0 Å². The van der Waals surface area contributed by atoms with Crippen molar-refractivity contribution in [3.63, 3.8) is 0 Å². The molecule has 0 atom stereocenters. The lowest BCUT2D eigenvalue weighted by atomic mass is 10.1. The molecule has 0 unspecified atom stereocenters. The topological polar surface area (TPSA) is 46.4 Å². The van der Waals surface area contributed by atoms with E-state index in [2.05, 4.69) is 10.3 Å². The van der Waals surface area contributed by atoms with Gasteiger partial charge in [0.1, 0.15) is 11.5 Å². The largest absolute Gasteiger partial charge is 0.326 e. The van der Waals surface area contributed by atoms with Crippen molar-refractivity contribution in [2.24, 2.45) is 0 Å². The van der Waals surface area contributed by atoms with Gasteiger partial charge in [-0.2, -0.15) is 0 Å². The molecule has 4 nitrogen and oxygen atoms in total. The highest BCUT2D eigenvalue weighted by atomic mass is 19.1. The van der Waals surface area contributed by atoms with Gasteiger partial charge in [-0.05, 0) is 24.3 Å². The Hall–Kier alpha value is -2.69. The van der Waals surface area contributed by atoms with Gasteiger partial charge in [0, 0.05) is 30.1 Å². The van der Waals surface area contributed by atoms with Gasteiger partial charge in [0.05, 0.1) is 5.69 Å². The van der Waals surface area contributed by atoms with Crippen LogP contribution in [-0.2, 0) is 4.79 Å². The molecule has 1 N–H and O–H groups in total. The van der Waals surface area contributed by atoms with E-state index < -0.39 is 0 Å². The first kappa shape index (κ1) is 13.3. The van der Waals surface area contributed by atoms with E-state index in [0.717, 1.165) is 16.9 Å². The number of halogens is 1. The number of nitrogens with zero attached hydrogens (tertiary/aromatic N) is 2. The van der Waals surface area contributed by atoms with Crippen LogP contribution in [0.3, 0.4) is 0 Å². The summed E-state index contributed by atoms with van der Waals surface area (Å²) in [4.78, 5) is 15.8. The molecule has 21 heavy (non-hydrogen) atoms. The number of rotatable bonds is 3. The second kappa shape index (κ2) is 5.36. The fourth-order valence-electron chi connectivity index (χ4n) is 2.08. The van der Waals surface area contributed by atoms with Gasteiger partial charge in [0.15, 0.2) is 0 Å². The highest BCUT2D eigenvalue weighted by Crippen LogP contribution is 2.21. The number of carbonyl (C=O) groups excluding carboxylic acids is 1. The van der Waals surface area contributed by atoms with Crippen molar-refractivity contribution in [3.05, 3.63) is 54.6 Å². The molecule has 2 aromatic heterocycles. The molecule has 0 aliphatic carbocycles. The maximum absolute atomic E-state index is 13.2. The average Bonchev–Trinajstić information content (AvgIpc) is 2.90. The van der Waals surface area contributed by atoms with E-state index in [9.17, 15) is 9.18 Å². The summed E-state index contributed by atoms with van der Waals surface area (Å²) in [6.07, 6.45) is 3.61. The molecule has 2 heterocycles. The second-order valence-electron chi connectivity index (χ2n) is 4.72. The summed E-state index contributed by atoms with van der Waals surface area (Å²) in [5.74, 6) is -0.324. The molecule has 1 aromatic carbocycles. The van der Waals surface area contributed by atoms with Crippen molar-refractivity contribution in [2.75, 3.05) is 5.32 Å². The first-order valence-corrected chi connectivity index (χ1v) is 6.70. The minimum Gasteiger partial charge on any atom is -0.326 e. The third-order valence-electron chi connectivity index (χ3n) is 3.20. The van der Waals surface area contributed by atoms with Crippen molar-refractivity contribution in [3.8, 4) is 11.3 Å². The molecular formula is C16H14FN3O. The van der Waals surface area contributed by atoms with Gasteiger partial charge in [0.25, 0.3) is 0 Å². The van der Waals surface area contributed by atoms with Crippen molar-refractivity contribution in [2.45, 2.75) is 13.3 Å². The first-order valence-electron chi connectivity index (χ1n) is 6.70. The number of pyridine rings is 1. The Balaban J connectivity index is 1.90. The number of imidazole rings is 1. The predicted octanol–water partition coefficient (Wildman–Crippen LogP) is 3.49. The lowest BCUT2D eigenvalue weighted by Gasteiger charge is -2.03. The molecule has 5 heteroatoms. The second-order valence-corrected chi connectivity index (χ2v) is 4.72. The van der Waals surface area contributed by atoms with Crippen LogP contribution in [0.15, 0.2) is 48.8 Å². The van der Waals surface area contributed by atoms with Crippen LogP contribution in [0, 0.1) is 5.82 Å². The van der Waals surface area contributed by atoms with Gasteiger partial charge >= 0.3 is 0 Å². The molecule has 3 rings (SSSR count). The van der Waals surface area contributed by atoms with E-state index in [4.69, 9.17) is 0 Å². The maximum atomic E-state index is 13.2. The molecule has 106 valence electrons. The molecule has 0 bridgehead atoms. The SMILES string of the molecule is CCC(=O)Nc1ccc(-c2cn3cc(F)ccc3n2)cc1. The maximum Gasteiger partial charge on any atom is 0.224 e. The Morgan fingerprint density at radius 2 is 1.95 bits per heavy atom. The molecule has 0 saturated heterocycles. The number of aromatic nitrogens is 2. The molecule has 0 aliphatic heterocycles. The highest BCUT2D eigenvalue weighted by molar-refractivity contribution is 5.90. The lowest BCUT2D eigenvalue weighted by molar-refractivity contribution is -0.115. The Morgan fingerprint density at radius 3 is 2.67 bits per heavy atom. The summed E-state index contributed by atoms with van der Waals surface area (Å²) in [5, 5.41) is 2.79. The number of carbonyl (C=O) groups is 1. The smallest absolute Gasteiger partial charge is 0.224 e. The standard InChI is InChI=1S/C16H14FN3O/c1-2-16(21)18-13-6-3-11(4-7-13)14-10-20-9-12(17)5-8-15(20)19-14/h3-10H,2H2,1H3,(H,18,21). The van der Waals surface area contributed by atoms with E-state index in [1.807, 2.05) is 24.3 Å². The van der Waals surface area contributed by atoms with Gasteiger partial charge in [-0.15, -0.1) is 0 Å². The molecular weight excluding hydrogens is 269 g/mol. The van der Waals surface area contributed by atoms with Crippen LogP contribution >= 0.6 is 0 Å². The van der Waals surface area contributed by atoms with Crippen molar-refractivity contribution >= 4 is 17.2 Å². The minimum atomic E-state index is -0.302. The molecule has 0 saturated carbocycles. The fraction of sp³-hybridized carbons (Fsp3) is 0.125. The summed E-state index contributed by atoms with van der Waals surface area (Å²) in [6, 6.07) is 10.4. The third kappa shape index (κ3) is 2.76. The van der Waals surface area contributed by atoms with Crippen LogP contribution < -0.4 is 5.32 Å². The number of anilines is 1. The number of nitrogens with one attached hydrogen (secondary N) is 1. The Kier molecular flexibility index (Phi) is 3.39. The Bertz CT molecular complexity index is 793. The third-order valence-corrected chi connectivity index (χ3v) is 3.20. The normalized spacial score (nSPS) is 10.8. The number of hydrogen-bond acceptors (Lipinski definition) is 2. The van der Waals surface area contributed by atoms with Gasteiger partial charge in [-0.1, -0.05) is 19.1 Å². The summed E-state index contributed by atoms with van der Waals surface area (Å²) >= 11 is 0. The van der Waals surface area contributed by atoms with Crippen LogP contribution in [0.1, 0.15) is 13.3 Å². The molecule has 0 spiro atoms. The number of amides is 1. The summed E-state index contributed by atoms with van der Waals surface area (Å²) in [5.41, 5.74) is 3.11. The van der Waals surface area contributed by atoms with E-state index in [-0.39, 0.29) is 11.7 Å². The zero-order valence-electron chi connectivity index (χ0n) is 11.5. The Labute approximate surface area is 121 Å². The molecule has 3 aromatic rings. The van der Waals surface area contributed by atoms with Crippen LogP contribution in [0.4, 0.5) is 10.1 Å². The number of fused-ring (bicyclic) bond motifs is 1. The highest BCUT2D eigenvalue weighted by Gasteiger charge is 2.06. The number of benzene rings is 1. The zero-order valence-corrected chi connectivity index (χ0v) is 11.5. The van der Waals surface area contributed by atoms with Crippen LogP contribution in [0.2, 0.25) is 0 Å². The predicted molar refractivity (Wildman–Crippen MR) is 79.5 cm³/mol. The van der Waals surface area contributed by atoms with E-state index in [1.165, 1.54) is 12.3 Å². The molecule has 0 aliphatic rings. The quantitative estimate of drug-likeness (QED) is 0.799.